The minimum absolute atomic E-state index is 0.401. The Morgan fingerprint density at radius 3 is 2.75 bits per heavy atom. The number of nitrogens with zero attached hydrogens (tertiary/aromatic N) is 3. The summed E-state index contributed by atoms with van der Waals surface area (Å²) >= 11 is 6.89. The first kappa shape index (κ1) is 15.5. The Morgan fingerprint density at radius 2 is 2.15 bits per heavy atom. The van der Waals surface area contributed by atoms with Gasteiger partial charge in [-0.1, -0.05) is 6.92 Å². The Kier molecular flexibility index (Phi) is 5.17. The van der Waals surface area contributed by atoms with E-state index in [0.29, 0.717) is 5.75 Å². The number of rotatable bonds is 5. The second-order valence-electron chi connectivity index (χ2n) is 4.32. The number of pyridine rings is 1. The zero-order valence-electron chi connectivity index (χ0n) is 11.3. The van der Waals surface area contributed by atoms with Crippen molar-refractivity contribution in [1.29, 1.82) is 0 Å². The summed E-state index contributed by atoms with van der Waals surface area (Å²) in [5.41, 5.74) is 7.96. The van der Waals surface area contributed by atoms with Crippen LogP contribution in [0.25, 0.3) is 0 Å². The van der Waals surface area contributed by atoms with Gasteiger partial charge in [0, 0.05) is 21.7 Å². The summed E-state index contributed by atoms with van der Waals surface area (Å²) < 4.78 is 8.99. The Morgan fingerprint density at radius 1 is 1.40 bits per heavy atom. The van der Waals surface area contributed by atoms with Crippen LogP contribution >= 0.6 is 31.9 Å². The fourth-order valence-electron chi connectivity index (χ4n) is 2.02. The van der Waals surface area contributed by atoms with E-state index in [1.54, 1.807) is 19.5 Å². The number of hydrogen-bond donors (Lipinski definition) is 1. The number of aryl methyl sites for hydroxylation is 1. The van der Waals surface area contributed by atoms with Crippen molar-refractivity contribution in [3.8, 4) is 5.75 Å². The predicted molar refractivity (Wildman–Crippen MR) is 84.7 cm³/mol. The molecule has 2 rings (SSSR count). The molecule has 0 fully saturated rings. The number of ether oxygens (including phenoxy) is 1. The van der Waals surface area contributed by atoms with Gasteiger partial charge >= 0.3 is 0 Å². The summed E-state index contributed by atoms with van der Waals surface area (Å²) in [4.78, 5) is 4.39. The van der Waals surface area contributed by atoms with Gasteiger partial charge < -0.3 is 10.5 Å². The SMILES string of the molecule is CCCn1ncc(OC)c1C(N)c1ncc(Br)cc1Br. The van der Waals surface area contributed by atoms with Gasteiger partial charge in [0.05, 0.1) is 25.0 Å². The first-order chi connectivity index (χ1) is 9.58. The highest BCUT2D eigenvalue weighted by Crippen LogP contribution is 2.32. The molecule has 0 aliphatic carbocycles. The van der Waals surface area contributed by atoms with Crippen LogP contribution in [0.1, 0.15) is 30.8 Å². The number of aromatic nitrogens is 3. The summed E-state index contributed by atoms with van der Waals surface area (Å²) in [5.74, 6) is 0.683. The van der Waals surface area contributed by atoms with Crippen molar-refractivity contribution in [2.24, 2.45) is 5.73 Å². The van der Waals surface area contributed by atoms with E-state index in [1.807, 2.05) is 10.7 Å². The van der Waals surface area contributed by atoms with Gasteiger partial charge in [0.25, 0.3) is 0 Å². The van der Waals surface area contributed by atoms with E-state index in [2.05, 4.69) is 48.9 Å². The standard InChI is InChI=1S/C13H16Br2N4O/c1-3-4-19-13(10(20-2)7-18-19)11(16)12-9(15)5-8(14)6-17-12/h5-7,11H,3-4,16H2,1-2H3. The van der Waals surface area contributed by atoms with Gasteiger partial charge in [-0.2, -0.15) is 5.10 Å². The fourth-order valence-corrected chi connectivity index (χ4v) is 3.26. The average molecular weight is 404 g/mol. The fraction of sp³-hybridized carbons (Fsp3) is 0.385. The van der Waals surface area contributed by atoms with Crippen LogP contribution in [0.4, 0.5) is 0 Å². The van der Waals surface area contributed by atoms with E-state index in [9.17, 15) is 0 Å². The summed E-state index contributed by atoms with van der Waals surface area (Å²) in [6.45, 7) is 2.89. The molecule has 0 saturated heterocycles. The Hall–Kier alpha value is -0.920. The van der Waals surface area contributed by atoms with E-state index >= 15 is 0 Å². The van der Waals surface area contributed by atoms with Gasteiger partial charge in [0.15, 0.2) is 5.75 Å². The maximum atomic E-state index is 6.37. The number of nitrogens with two attached hydrogens (primary N) is 1. The lowest BCUT2D eigenvalue weighted by atomic mass is 10.1. The van der Waals surface area contributed by atoms with E-state index < -0.39 is 6.04 Å². The molecule has 1 atom stereocenters. The molecule has 2 aromatic rings. The van der Waals surface area contributed by atoms with Crippen LogP contribution in [-0.2, 0) is 6.54 Å². The lowest BCUT2D eigenvalue weighted by Crippen LogP contribution is -2.20. The van der Waals surface area contributed by atoms with Crippen molar-refractivity contribution in [1.82, 2.24) is 14.8 Å². The largest absolute Gasteiger partial charge is 0.493 e. The van der Waals surface area contributed by atoms with E-state index in [1.165, 1.54) is 0 Å². The van der Waals surface area contributed by atoms with Crippen molar-refractivity contribution >= 4 is 31.9 Å². The van der Waals surface area contributed by atoms with Gasteiger partial charge in [0.2, 0.25) is 0 Å². The topological polar surface area (TPSA) is 66.0 Å². The number of hydrogen-bond acceptors (Lipinski definition) is 4. The lowest BCUT2D eigenvalue weighted by Gasteiger charge is -2.16. The second kappa shape index (κ2) is 6.69. The van der Waals surface area contributed by atoms with Crippen molar-refractivity contribution in [2.45, 2.75) is 25.9 Å². The Balaban J connectivity index is 2.46. The molecule has 20 heavy (non-hydrogen) atoms. The molecule has 0 saturated carbocycles. The van der Waals surface area contributed by atoms with E-state index in [4.69, 9.17) is 10.5 Å². The van der Waals surface area contributed by atoms with Crippen molar-refractivity contribution in [3.05, 3.63) is 38.8 Å². The molecular formula is C13H16Br2N4O. The van der Waals surface area contributed by atoms with Crippen LogP contribution in [0.2, 0.25) is 0 Å². The molecule has 2 aromatic heterocycles. The van der Waals surface area contributed by atoms with Gasteiger partial charge in [-0.25, -0.2) is 0 Å². The first-order valence-electron chi connectivity index (χ1n) is 6.24. The summed E-state index contributed by atoms with van der Waals surface area (Å²) in [5, 5.41) is 4.33. The molecule has 2 heterocycles. The zero-order chi connectivity index (χ0) is 14.7. The lowest BCUT2D eigenvalue weighted by molar-refractivity contribution is 0.403. The molecule has 2 N–H and O–H groups in total. The maximum Gasteiger partial charge on any atom is 0.161 e. The highest BCUT2D eigenvalue weighted by Gasteiger charge is 2.23. The first-order valence-corrected chi connectivity index (χ1v) is 7.83. The minimum atomic E-state index is -0.401. The number of methoxy groups -OCH3 is 1. The third kappa shape index (κ3) is 3.05. The van der Waals surface area contributed by atoms with Crippen LogP contribution in [0.15, 0.2) is 27.4 Å². The van der Waals surface area contributed by atoms with Gasteiger partial charge in [-0.3, -0.25) is 9.67 Å². The highest BCUT2D eigenvalue weighted by molar-refractivity contribution is 9.11. The average Bonchev–Trinajstić information content (AvgIpc) is 2.81. The van der Waals surface area contributed by atoms with Gasteiger partial charge in [0.1, 0.15) is 5.69 Å². The van der Waals surface area contributed by atoms with E-state index in [0.717, 1.165) is 33.3 Å². The number of halogens is 2. The van der Waals surface area contributed by atoms with Crippen LogP contribution in [0.3, 0.4) is 0 Å². The minimum Gasteiger partial charge on any atom is -0.493 e. The molecular weight excluding hydrogens is 388 g/mol. The molecule has 0 radical (unpaired) electrons. The van der Waals surface area contributed by atoms with Crippen LogP contribution in [0.5, 0.6) is 5.75 Å². The molecule has 0 bridgehead atoms. The molecule has 0 aromatic carbocycles. The van der Waals surface area contributed by atoms with Crippen LogP contribution in [0, 0.1) is 0 Å². The van der Waals surface area contributed by atoms with Gasteiger partial charge in [-0.15, -0.1) is 0 Å². The third-order valence-electron chi connectivity index (χ3n) is 2.93. The highest BCUT2D eigenvalue weighted by atomic mass is 79.9. The van der Waals surface area contributed by atoms with Crippen molar-refractivity contribution < 1.29 is 4.74 Å². The predicted octanol–water partition coefficient (Wildman–Crippen LogP) is 3.27. The molecule has 1 unspecified atom stereocenters. The molecule has 7 heteroatoms. The Labute approximate surface area is 134 Å². The monoisotopic (exact) mass is 402 g/mol. The molecule has 5 nitrogen and oxygen atoms in total. The normalized spacial score (nSPS) is 12.4. The van der Waals surface area contributed by atoms with Crippen LogP contribution < -0.4 is 10.5 Å². The van der Waals surface area contributed by atoms with Crippen molar-refractivity contribution in [3.63, 3.8) is 0 Å². The molecule has 108 valence electrons. The summed E-state index contributed by atoms with van der Waals surface area (Å²) in [6, 6.07) is 1.52. The zero-order valence-corrected chi connectivity index (χ0v) is 14.5. The van der Waals surface area contributed by atoms with Crippen LogP contribution in [-0.4, -0.2) is 21.9 Å². The Bertz CT molecular complexity index is 600. The summed E-state index contributed by atoms with van der Waals surface area (Å²) in [6.07, 6.45) is 4.39. The molecule has 0 spiro atoms. The summed E-state index contributed by atoms with van der Waals surface area (Å²) in [7, 11) is 1.62. The second-order valence-corrected chi connectivity index (χ2v) is 6.09. The molecule has 0 aliphatic heterocycles. The smallest absolute Gasteiger partial charge is 0.161 e. The van der Waals surface area contributed by atoms with E-state index in [-0.39, 0.29) is 0 Å². The van der Waals surface area contributed by atoms with Gasteiger partial charge in [-0.05, 0) is 44.3 Å². The third-order valence-corrected chi connectivity index (χ3v) is 3.99. The van der Waals surface area contributed by atoms with Crippen molar-refractivity contribution in [2.75, 3.05) is 7.11 Å². The maximum absolute atomic E-state index is 6.37. The molecule has 0 amide bonds. The molecule has 0 aliphatic rings. The quantitative estimate of drug-likeness (QED) is 0.831.